The van der Waals surface area contributed by atoms with Gasteiger partial charge in [0.2, 0.25) is 0 Å². The van der Waals surface area contributed by atoms with Crippen molar-refractivity contribution in [1.82, 2.24) is 0 Å². The van der Waals surface area contributed by atoms with Gasteiger partial charge >= 0.3 is 6.18 Å². The summed E-state index contributed by atoms with van der Waals surface area (Å²) in [6, 6.07) is 20.4. The maximum Gasteiger partial charge on any atom is 0.454 e. The molecule has 3 nitrogen and oxygen atoms in total. The quantitative estimate of drug-likeness (QED) is 0.597. The van der Waals surface area contributed by atoms with E-state index in [1.54, 1.807) is 72.8 Å². The normalized spacial score (nSPS) is 19.5. The average molecular weight is 384 g/mol. The van der Waals surface area contributed by atoms with Crippen LogP contribution in [0.15, 0.2) is 89.0 Å². The van der Waals surface area contributed by atoms with Gasteiger partial charge in [-0.1, -0.05) is 60.7 Å². The topological polar surface area (TPSA) is 39.4 Å². The molecule has 2 heterocycles. The Labute approximate surface area is 159 Å². The molecule has 28 heavy (non-hydrogen) atoms. The van der Waals surface area contributed by atoms with Crippen LogP contribution in [0.5, 0.6) is 0 Å². The van der Waals surface area contributed by atoms with Crippen LogP contribution in [-0.4, -0.2) is 12.0 Å². The van der Waals surface area contributed by atoms with E-state index in [1.807, 2.05) is 0 Å². The zero-order valence-corrected chi connectivity index (χ0v) is 14.6. The molecule has 0 amide bonds. The second kappa shape index (κ2) is 6.71. The number of rotatable bonds is 4. The number of ether oxygens (including phenoxy) is 1. The molecular weight excluding hydrogens is 369 g/mol. The standard InChI is InChI=1S/C22H15F3O3/c23-22(24,25)20(26)17-14-21(18-12-7-13-27-18,16-10-5-2-6-11-16)28-19(17)15-8-3-1-4-9-15/h1-13H,14H2. The van der Waals surface area contributed by atoms with Gasteiger partial charge in [-0.15, -0.1) is 0 Å². The number of carbonyl (C=O) groups excluding carboxylic acids is 1. The molecule has 0 aliphatic carbocycles. The van der Waals surface area contributed by atoms with E-state index in [-0.39, 0.29) is 12.2 Å². The predicted octanol–water partition coefficient (Wildman–Crippen LogP) is 5.49. The van der Waals surface area contributed by atoms with E-state index in [0.717, 1.165) is 0 Å². The van der Waals surface area contributed by atoms with Crippen molar-refractivity contribution >= 4 is 11.5 Å². The number of furan rings is 1. The lowest BCUT2D eigenvalue weighted by Crippen LogP contribution is -2.29. The minimum atomic E-state index is -5.01. The van der Waals surface area contributed by atoms with E-state index in [2.05, 4.69) is 0 Å². The summed E-state index contributed by atoms with van der Waals surface area (Å²) in [5, 5.41) is 0. The fraction of sp³-hybridized carbons (Fsp3) is 0.136. The Kier molecular flexibility index (Phi) is 4.34. The van der Waals surface area contributed by atoms with Gasteiger partial charge in [-0.3, -0.25) is 4.79 Å². The molecule has 0 saturated heterocycles. The van der Waals surface area contributed by atoms with E-state index >= 15 is 0 Å². The maximum absolute atomic E-state index is 13.3. The molecule has 0 spiro atoms. The number of Topliss-reactive ketones (excluding diaryl/α,β-unsaturated/α-hetero) is 1. The fourth-order valence-electron chi connectivity index (χ4n) is 3.43. The maximum atomic E-state index is 13.3. The first-order valence-corrected chi connectivity index (χ1v) is 8.60. The third-order valence-corrected chi connectivity index (χ3v) is 4.70. The van der Waals surface area contributed by atoms with Gasteiger partial charge in [-0.05, 0) is 12.1 Å². The van der Waals surface area contributed by atoms with E-state index in [4.69, 9.17) is 9.15 Å². The van der Waals surface area contributed by atoms with Gasteiger partial charge in [0, 0.05) is 17.5 Å². The third kappa shape index (κ3) is 3.01. The first-order valence-electron chi connectivity index (χ1n) is 8.60. The van der Waals surface area contributed by atoms with Crippen LogP contribution in [0.1, 0.15) is 23.3 Å². The highest BCUT2D eigenvalue weighted by Crippen LogP contribution is 2.51. The Morgan fingerprint density at radius 1 is 0.893 bits per heavy atom. The molecule has 0 saturated carbocycles. The number of carbonyl (C=O) groups is 1. The van der Waals surface area contributed by atoms with Crippen LogP contribution in [0, 0.1) is 0 Å². The second-order valence-electron chi connectivity index (χ2n) is 6.45. The van der Waals surface area contributed by atoms with Gasteiger partial charge in [-0.2, -0.15) is 13.2 Å². The molecule has 142 valence electrons. The number of benzene rings is 2. The summed E-state index contributed by atoms with van der Waals surface area (Å²) in [6.45, 7) is 0. The van der Waals surface area contributed by atoms with Crippen molar-refractivity contribution in [2.45, 2.75) is 18.2 Å². The minimum Gasteiger partial charge on any atom is -0.473 e. The number of hydrogen-bond acceptors (Lipinski definition) is 3. The first kappa shape index (κ1) is 18.1. The lowest BCUT2D eigenvalue weighted by atomic mass is 9.85. The summed E-state index contributed by atoms with van der Waals surface area (Å²) in [5.74, 6) is -1.66. The molecular formula is C22H15F3O3. The molecule has 2 aromatic carbocycles. The Morgan fingerprint density at radius 2 is 1.54 bits per heavy atom. The van der Waals surface area contributed by atoms with Gasteiger partial charge in [0.1, 0.15) is 5.76 Å². The largest absolute Gasteiger partial charge is 0.473 e. The molecule has 1 aromatic heterocycles. The van der Waals surface area contributed by atoms with E-state index in [1.165, 1.54) is 6.26 Å². The summed E-state index contributed by atoms with van der Waals surface area (Å²) in [7, 11) is 0. The molecule has 1 aliphatic rings. The summed E-state index contributed by atoms with van der Waals surface area (Å²) in [5.41, 5.74) is -0.770. The van der Waals surface area contributed by atoms with Crippen molar-refractivity contribution < 1.29 is 27.1 Å². The van der Waals surface area contributed by atoms with E-state index in [0.29, 0.717) is 16.9 Å². The van der Waals surface area contributed by atoms with Gasteiger partial charge < -0.3 is 9.15 Å². The van der Waals surface area contributed by atoms with Crippen LogP contribution >= 0.6 is 0 Å². The first-order chi connectivity index (χ1) is 13.4. The Bertz CT molecular complexity index is 1010. The summed E-state index contributed by atoms with van der Waals surface area (Å²) in [6.07, 6.45) is -3.86. The van der Waals surface area contributed by atoms with Gasteiger partial charge in [0.25, 0.3) is 5.78 Å². The van der Waals surface area contributed by atoms with Gasteiger partial charge in [0.15, 0.2) is 11.4 Å². The molecule has 0 bridgehead atoms. The molecule has 4 rings (SSSR count). The molecule has 6 heteroatoms. The summed E-state index contributed by atoms with van der Waals surface area (Å²) in [4.78, 5) is 12.2. The van der Waals surface area contributed by atoms with E-state index < -0.39 is 23.1 Å². The van der Waals surface area contributed by atoms with Crippen molar-refractivity contribution in [3.63, 3.8) is 0 Å². The summed E-state index contributed by atoms with van der Waals surface area (Å²) < 4.78 is 51.7. The lowest BCUT2D eigenvalue weighted by Gasteiger charge is -2.28. The monoisotopic (exact) mass is 384 g/mol. The van der Waals surface area contributed by atoms with Crippen LogP contribution in [0.25, 0.3) is 5.76 Å². The van der Waals surface area contributed by atoms with Gasteiger partial charge in [0.05, 0.1) is 11.8 Å². The molecule has 0 N–H and O–H groups in total. The summed E-state index contributed by atoms with van der Waals surface area (Å²) >= 11 is 0. The Hall–Kier alpha value is -3.28. The van der Waals surface area contributed by atoms with Crippen molar-refractivity contribution in [3.05, 3.63) is 102 Å². The smallest absolute Gasteiger partial charge is 0.454 e. The Balaban J connectivity index is 1.90. The molecule has 1 unspecified atom stereocenters. The fourth-order valence-corrected chi connectivity index (χ4v) is 3.43. The molecule has 3 aromatic rings. The Morgan fingerprint density at radius 3 is 2.11 bits per heavy atom. The van der Waals surface area contributed by atoms with Crippen molar-refractivity contribution in [2.24, 2.45) is 0 Å². The molecule has 0 fully saturated rings. The highest BCUT2D eigenvalue weighted by atomic mass is 19.4. The highest BCUT2D eigenvalue weighted by Gasteiger charge is 2.53. The SMILES string of the molecule is O=C(C1=C(c2ccccc2)OC(c2ccccc2)(c2ccco2)C1)C(F)(F)F. The predicted molar refractivity (Wildman–Crippen MR) is 96.1 cm³/mol. The van der Waals surface area contributed by atoms with Crippen LogP contribution < -0.4 is 0 Å². The van der Waals surface area contributed by atoms with Crippen molar-refractivity contribution in [1.29, 1.82) is 0 Å². The van der Waals surface area contributed by atoms with Crippen LogP contribution in [0.4, 0.5) is 13.2 Å². The van der Waals surface area contributed by atoms with Crippen LogP contribution in [0.2, 0.25) is 0 Å². The highest BCUT2D eigenvalue weighted by molar-refractivity contribution is 6.06. The van der Waals surface area contributed by atoms with Gasteiger partial charge in [-0.25, -0.2) is 0 Å². The third-order valence-electron chi connectivity index (χ3n) is 4.70. The zero-order valence-electron chi connectivity index (χ0n) is 14.6. The average Bonchev–Trinajstić information content (AvgIpc) is 3.37. The zero-order chi connectivity index (χ0) is 19.8. The number of alkyl halides is 3. The number of hydrogen-bond donors (Lipinski definition) is 0. The van der Waals surface area contributed by atoms with Crippen molar-refractivity contribution in [3.8, 4) is 0 Å². The lowest BCUT2D eigenvalue weighted by molar-refractivity contribution is -0.166. The minimum absolute atomic E-state index is 0.0804. The van der Waals surface area contributed by atoms with Crippen LogP contribution in [0.3, 0.4) is 0 Å². The van der Waals surface area contributed by atoms with E-state index in [9.17, 15) is 18.0 Å². The van der Waals surface area contributed by atoms with Crippen molar-refractivity contribution in [2.75, 3.05) is 0 Å². The number of halogens is 3. The molecule has 1 atom stereocenters. The second-order valence-corrected chi connectivity index (χ2v) is 6.45. The molecule has 1 aliphatic heterocycles. The molecule has 0 radical (unpaired) electrons. The number of ketones is 1. The van der Waals surface area contributed by atoms with Crippen LogP contribution in [-0.2, 0) is 15.1 Å².